The third-order valence-corrected chi connectivity index (χ3v) is 7.48. The summed E-state index contributed by atoms with van der Waals surface area (Å²) in [6.07, 6.45) is 0.702. The molecule has 0 bridgehead atoms. The van der Waals surface area contributed by atoms with Gasteiger partial charge in [-0.2, -0.15) is 0 Å². The van der Waals surface area contributed by atoms with E-state index in [2.05, 4.69) is 38.4 Å². The molecule has 1 N–H and O–H groups in total. The van der Waals surface area contributed by atoms with Crippen LogP contribution in [0.2, 0.25) is 0 Å². The summed E-state index contributed by atoms with van der Waals surface area (Å²) in [5.74, 6) is 1.19. The average Bonchev–Trinajstić information content (AvgIpc) is 3.41. The van der Waals surface area contributed by atoms with Crippen LogP contribution in [0.4, 0.5) is 4.39 Å². The van der Waals surface area contributed by atoms with Crippen LogP contribution in [0.15, 0.2) is 71.5 Å². The number of aryl methyl sites for hydroxylation is 2. The molecule has 3 aromatic carbocycles. The van der Waals surface area contributed by atoms with Crippen LogP contribution in [0.5, 0.6) is 5.75 Å². The lowest BCUT2D eigenvalue weighted by molar-refractivity contribution is 0.161. The predicted molar refractivity (Wildman–Crippen MR) is 153 cm³/mol. The zero-order chi connectivity index (χ0) is 28.2. The van der Waals surface area contributed by atoms with Gasteiger partial charge < -0.3 is 9.72 Å². The Labute approximate surface area is 232 Å². The Morgan fingerprint density at radius 2 is 1.73 bits per heavy atom. The summed E-state index contributed by atoms with van der Waals surface area (Å²) in [5, 5.41) is 13.7. The van der Waals surface area contributed by atoms with Crippen LogP contribution < -0.4 is 10.3 Å². The van der Waals surface area contributed by atoms with E-state index in [0.717, 1.165) is 38.9 Å². The van der Waals surface area contributed by atoms with Gasteiger partial charge in [0.25, 0.3) is 5.56 Å². The van der Waals surface area contributed by atoms with E-state index in [1.165, 1.54) is 12.1 Å². The Kier molecular flexibility index (Phi) is 8.02. The number of fused-ring (bicyclic) bond motifs is 1. The fourth-order valence-electron chi connectivity index (χ4n) is 5.08. The van der Waals surface area contributed by atoms with E-state index in [4.69, 9.17) is 4.74 Å². The van der Waals surface area contributed by atoms with Crippen LogP contribution in [-0.2, 0) is 19.6 Å². The number of halogens is 1. The number of hydrogen-bond donors (Lipinski definition) is 1. The first-order chi connectivity index (χ1) is 19.4. The Hall–Kier alpha value is -4.37. The number of rotatable bonds is 10. The summed E-state index contributed by atoms with van der Waals surface area (Å²) in [6, 6.07) is 20.1. The molecule has 1 unspecified atom stereocenters. The second kappa shape index (κ2) is 11.8. The molecule has 0 aliphatic heterocycles. The van der Waals surface area contributed by atoms with E-state index in [9.17, 15) is 9.18 Å². The number of ether oxygens (including phenoxy) is 1. The lowest BCUT2D eigenvalue weighted by Gasteiger charge is -2.30. The molecule has 5 aromatic rings. The van der Waals surface area contributed by atoms with Crippen molar-refractivity contribution in [3.63, 3.8) is 0 Å². The molecule has 9 heteroatoms. The molecule has 0 aliphatic rings. The monoisotopic (exact) mass is 540 g/mol. The van der Waals surface area contributed by atoms with Crippen LogP contribution in [0, 0.1) is 19.7 Å². The average molecular weight is 541 g/mol. The predicted octanol–water partition coefficient (Wildman–Crippen LogP) is 5.48. The van der Waals surface area contributed by atoms with Crippen molar-refractivity contribution in [1.82, 2.24) is 30.1 Å². The summed E-state index contributed by atoms with van der Waals surface area (Å²) in [4.78, 5) is 18.6. The number of benzene rings is 3. The van der Waals surface area contributed by atoms with E-state index in [1.807, 2.05) is 50.2 Å². The third-order valence-electron chi connectivity index (χ3n) is 7.48. The Morgan fingerprint density at radius 1 is 1.00 bits per heavy atom. The second-order valence-electron chi connectivity index (χ2n) is 10.1. The fraction of sp³-hybridized carbons (Fsp3) is 0.290. The number of nitrogens with zero attached hydrogens (tertiary/aromatic N) is 5. The topological polar surface area (TPSA) is 88.9 Å². The minimum absolute atomic E-state index is 0.127. The van der Waals surface area contributed by atoms with Crippen LogP contribution in [0.1, 0.15) is 53.0 Å². The molecule has 2 heterocycles. The van der Waals surface area contributed by atoms with E-state index in [0.29, 0.717) is 37.4 Å². The molecule has 8 nitrogen and oxygen atoms in total. The van der Waals surface area contributed by atoms with E-state index < -0.39 is 0 Å². The van der Waals surface area contributed by atoms with Crippen molar-refractivity contribution in [1.29, 1.82) is 0 Å². The van der Waals surface area contributed by atoms with Crippen LogP contribution in [0.3, 0.4) is 0 Å². The van der Waals surface area contributed by atoms with Crippen LogP contribution in [-0.4, -0.2) is 37.2 Å². The standard InChI is InChI=1S/C31H33FN6O2/c1-5-28(30-34-35-36-38(30)18-23-9-14-27(40-4)15-10-23)37(17-22-7-12-26(32)13-8-22)19-25-16-24-11-6-20(2)21(3)29(24)33-31(25)39/h6-16,28H,5,17-19H2,1-4H3,(H,33,39). The normalized spacial score (nSPS) is 12.2. The summed E-state index contributed by atoms with van der Waals surface area (Å²) in [7, 11) is 1.64. The largest absolute Gasteiger partial charge is 0.497 e. The SMILES string of the molecule is CCC(c1nnnn1Cc1ccc(OC)cc1)N(Cc1ccc(F)cc1)Cc1cc2ccc(C)c(C)c2[nH]c1=O. The molecular weight excluding hydrogens is 507 g/mol. The lowest BCUT2D eigenvalue weighted by atomic mass is 10.0. The molecule has 5 rings (SSSR count). The van der Waals surface area contributed by atoms with Crippen molar-refractivity contribution in [3.05, 3.63) is 117 Å². The third kappa shape index (κ3) is 5.79. The maximum Gasteiger partial charge on any atom is 0.252 e. The van der Waals surface area contributed by atoms with Gasteiger partial charge in [0, 0.05) is 18.7 Å². The number of aromatic nitrogens is 5. The lowest BCUT2D eigenvalue weighted by Crippen LogP contribution is -2.32. The highest BCUT2D eigenvalue weighted by atomic mass is 19.1. The van der Waals surface area contributed by atoms with Gasteiger partial charge in [0.2, 0.25) is 0 Å². The van der Waals surface area contributed by atoms with Crippen molar-refractivity contribution < 1.29 is 9.13 Å². The van der Waals surface area contributed by atoms with Gasteiger partial charge in [-0.25, -0.2) is 9.07 Å². The fourth-order valence-corrected chi connectivity index (χ4v) is 5.08. The first kappa shape index (κ1) is 27.2. The molecule has 2 aromatic heterocycles. The van der Waals surface area contributed by atoms with Gasteiger partial charge in [-0.1, -0.05) is 43.3 Å². The highest BCUT2D eigenvalue weighted by Crippen LogP contribution is 2.28. The van der Waals surface area contributed by atoms with Gasteiger partial charge >= 0.3 is 0 Å². The molecule has 0 spiro atoms. The number of methoxy groups -OCH3 is 1. The Morgan fingerprint density at radius 3 is 2.42 bits per heavy atom. The molecule has 0 saturated heterocycles. The summed E-state index contributed by atoms with van der Waals surface area (Å²) in [5.41, 5.74) is 5.53. The van der Waals surface area contributed by atoms with Crippen molar-refractivity contribution in [3.8, 4) is 5.75 Å². The van der Waals surface area contributed by atoms with Gasteiger partial charge in [-0.3, -0.25) is 9.69 Å². The quantitative estimate of drug-likeness (QED) is 0.252. The molecule has 0 aliphatic carbocycles. The highest BCUT2D eigenvalue weighted by Gasteiger charge is 2.26. The summed E-state index contributed by atoms with van der Waals surface area (Å²) in [6.45, 7) is 7.47. The summed E-state index contributed by atoms with van der Waals surface area (Å²) < 4.78 is 20.8. The second-order valence-corrected chi connectivity index (χ2v) is 10.1. The van der Waals surface area contributed by atoms with Crippen molar-refractivity contribution in [2.75, 3.05) is 7.11 Å². The van der Waals surface area contributed by atoms with Gasteiger partial charge in [0.05, 0.1) is 25.2 Å². The van der Waals surface area contributed by atoms with Gasteiger partial charge in [-0.15, -0.1) is 5.10 Å². The van der Waals surface area contributed by atoms with Crippen LogP contribution in [0.25, 0.3) is 10.9 Å². The smallest absolute Gasteiger partial charge is 0.252 e. The van der Waals surface area contributed by atoms with Crippen molar-refractivity contribution >= 4 is 10.9 Å². The zero-order valence-corrected chi connectivity index (χ0v) is 23.2. The number of pyridine rings is 1. The van der Waals surface area contributed by atoms with Crippen molar-refractivity contribution in [2.24, 2.45) is 0 Å². The molecule has 206 valence electrons. The Balaban J connectivity index is 1.51. The number of tetrazole rings is 1. The molecule has 0 amide bonds. The minimum Gasteiger partial charge on any atom is -0.497 e. The van der Waals surface area contributed by atoms with Gasteiger partial charge in [0.1, 0.15) is 11.6 Å². The first-order valence-corrected chi connectivity index (χ1v) is 13.4. The van der Waals surface area contributed by atoms with Gasteiger partial charge in [-0.05, 0) is 88.7 Å². The summed E-state index contributed by atoms with van der Waals surface area (Å²) >= 11 is 0. The Bertz CT molecular complexity index is 1660. The van der Waals surface area contributed by atoms with Crippen molar-refractivity contribution in [2.45, 2.75) is 52.9 Å². The van der Waals surface area contributed by atoms with E-state index >= 15 is 0 Å². The number of hydrogen-bond acceptors (Lipinski definition) is 6. The molecule has 0 saturated carbocycles. The highest BCUT2D eigenvalue weighted by molar-refractivity contribution is 5.83. The molecule has 0 radical (unpaired) electrons. The maximum atomic E-state index is 13.7. The number of H-pyrrole nitrogens is 1. The zero-order valence-electron chi connectivity index (χ0n) is 23.2. The molecular formula is C31H33FN6O2. The van der Waals surface area contributed by atoms with E-state index in [-0.39, 0.29) is 17.4 Å². The molecule has 1 atom stereocenters. The molecule has 0 fully saturated rings. The molecule has 40 heavy (non-hydrogen) atoms. The number of nitrogens with one attached hydrogen (secondary N) is 1. The van der Waals surface area contributed by atoms with E-state index in [1.54, 1.807) is 23.9 Å². The van der Waals surface area contributed by atoms with Crippen LogP contribution >= 0.6 is 0 Å². The first-order valence-electron chi connectivity index (χ1n) is 13.4. The maximum absolute atomic E-state index is 13.7. The minimum atomic E-state index is -0.289. The van der Waals surface area contributed by atoms with Gasteiger partial charge in [0.15, 0.2) is 5.82 Å². The number of aromatic amines is 1.